The third-order valence-electron chi connectivity index (χ3n) is 4.73. The Morgan fingerprint density at radius 2 is 1.67 bits per heavy atom. The summed E-state index contributed by atoms with van der Waals surface area (Å²) >= 11 is 0. The molecule has 1 aromatic rings. The maximum absolute atomic E-state index is 7.92. The maximum Gasteiger partial charge on any atom is 0.139 e. The van der Waals surface area contributed by atoms with Gasteiger partial charge in [-0.15, -0.1) is 0 Å². The van der Waals surface area contributed by atoms with Crippen molar-refractivity contribution in [2.45, 2.75) is 57.8 Å². The van der Waals surface area contributed by atoms with E-state index in [1.165, 1.54) is 56.2 Å². The molecule has 1 saturated heterocycles. The van der Waals surface area contributed by atoms with E-state index < -0.39 is 0 Å². The molecule has 0 amide bonds. The highest BCUT2D eigenvalue weighted by atomic mass is 15.2. The standard InChI is InChI=1S/C17H26N4/c18-16(19)14-12-13-8-4-5-9-15(13)20-17(14)21-10-6-2-1-3-7-11-21/h12H,1-11H2,(H3,18,19). The van der Waals surface area contributed by atoms with Crippen molar-refractivity contribution < 1.29 is 0 Å². The van der Waals surface area contributed by atoms with Gasteiger partial charge >= 0.3 is 0 Å². The monoisotopic (exact) mass is 286 g/mol. The van der Waals surface area contributed by atoms with E-state index in [1.54, 1.807) is 0 Å². The van der Waals surface area contributed by atoms with Crippen LogP contribution in [0.2, 0.25) is 0 Å². The highest BCUT2D eigenvalue weighted by Crippen LogP contribution is 2.28. The Hall–Kier alpha value is -1.58. The van der Waals surface area contributed by atoms with Gasteiger partial charge in [-0.2, -0.15) is 0 Å². The Kier molecular flexibility index (Phi) is 4.42. The molecule has 0 atom stereocenters. The van der Waals surface area contributed by atoms with Crippen molar-refractivity contribution in [3.05, 3.63) is 22.9 Å². The SMILES string of the molecule is N=C(N)c1cc2c(nc1N1CCCCCCC1)CCCC2. The van der Waals surface area contributed by atoms with Crippen LogP contribution in [0, 0.1) is 5.41 Å². The van der Waals surface area contributed by atoms with Gasteiger partial charge in [0.05, 0.1) is 5.56 Å². The summed E-state index contributed by atoms with van der Waals surface area (Å²) in [6, 6.07) is 2.14. The molecule has 0 unspecified atom stereocenters. The van der Waals surface area contributed by atoms with E-state index in [1.807, 2.05) is 0 Å². The van der Waals surface area contributed by atoms with E-state index in [0.29, 0.717) is 0 Å². The highest BCUT2D eigenvalue weighted by Gasteiger charge is 2.20. The Balaban J connectivity index is 1.96. The number of anilines is 1. The van der Waals surface area contributed by atoms with Crippen molar-refractivity contribution in [2.24, 2.45) is 5.73 Å². The fraction of sp³-hybridized carbons (Fsp3) is 0.647. The zero-order valence-electron chi connectivity index (χ0n) is 12.8. The van der Waals surface area contributed by atoms with Crippen LogP contribution in [0.1, 0.15) is 61.8 Å². The number of rotatable bonds is 2. The number of pyridine rings is 1. The molecule has 2 heterocycles. The molecule has 3 rings (SSSR count). The van der Waals surface area contributed by atoms with Gasteiger partial charge in [0, 0.05) is 18.8 Å². The van der Waals surface area contributed by atoms with Crippen LogP contribution in [0.25, 0.3) is 0 Å². The van der Waals surface area contributed by atoms with Crippen molar-refractivity contribution in [1.82, 2.24) is 4.98 Å². The summed E-state index contributed by atoms with van der Waals surface area (Å²) in [7, 11) is 0. The van der Waals surface area contributed by atoms with Crippen molar-refractivity contribution in [3.8, 4) is 0 Å². The maximum atomic E-state index is 7.92. The first kappa shape index (κ1) is 14.4. The number of aromatic nitrogens is 1. The molecule has 1 fully saturated rings. The summed E-state index contributed by atoms with van der Waals surface area (Å²) in [4.78, 5) is 7.30. The average molecular weight is 286 g/mol. The van der Waals surface area contributed by atoms with Gasteiger partial charge < -0.3 is 10.6 Å². The molecule has 0 radical (unpaired) electrons. The number of nitrogen functional groups attached to an aromatic ring is 1. The van der Waals surface area contributed by atoms with Gasteiger partial charge in [0.15, 0.2) is 0 Å². The number of fused-ring (bicyclic) bond motifs is 1. The fourth-order valence-electron chi connectivity index (χ4n) is 3.52. The lowest BCUT2D eigenvalue weighted by Crippen LogP contribution is -2.31. The Labute approximate surface area is 127 Å². The molecule has 0 spiro atoms. The molecular weight excluding hydrogens is 260 g/mol. The summed E-state index contributed by atoms with van der Waals surface area (Å²) in [5.41, 5.74) is 9.23. The quantitative estimate of drug-likeness (QED) is 0.649. The molecule has 0 saturated carbocycles. The Morgan fingerprint density at radius 1 is 1.00 bits per heavy atom. The minimum absolute atomic E-state index is 0.160. The van der Waals surface area contributed by atoms with E-state index in [2.05, 4.69) is 11.0 Å². The van der Waals surface area contributed by atoms with Crippen LogP contribution in [-0.4, -0.2) is 23.9 Å². The second kappa shape index (κ2) is 6.46. The number of hydrogen-bond donors (Lipinski definition) is 2. The molecule has 0 aromatic carbocycles. The summed E-state index contributed by atoms with van der Waals surface area (Å²) in [6.07, 6.45) is 11.0. The first-order valence-corrected chi connectivity index (χ1v) is 8.38. The summed E-state index contributed by atoms with van der Waals surface area (Å²) in [6.45, 7) is 2.10. The second-order valence-corrected chi connectivity index (χ2v) is 6.34. The third kappa shape index (κ3) is 3.20. The van der Waals surface area contributed by atoms with E-state index in [9.17, 15) is 0 Å². The predicted molar refractivity (Wildman–Crippen MR) is 87.2 cm³/mol. The highest BCUT2D eigenvalue weighted by molar-refractivity contribution is 5.99. The molecule has 4 nitrogen and oxygen atoms in total. The Bertz CT molecular complexity index is 516. The van der Waals surface area contributed by atoms with Crippen LogP contribution in [0.3, 0.4) is 0 Å². The molecule has 114 valence electrons. The first-order valence-electron chi connectivity index (χ1n) is 8.38. The van der Waals surface area contributed by atoms with Crippen LogP contribution >= 0.6 is 0 Å². The van der Waals surface area contributed by atoms with E-state index in [4.69, 9.17) is 16.1 Å². The van der Waals surface area contributed by atoms with Crippen LogP contribution in [0.15, 0.2) is 6.07 Å². The van der Waals surface area contributed by atoms with E-state index in [-0.39, 0.29) is 5.84 Å². The smallest absolute Gasteiger partial charge is 0.139 e. The molecule has 0 bridgehead atoms. The molecule has 1 aliphatic carbocycles. The Morgan fingerprint density at radius 3 is 2.38 bits per heavy atom. The van der Waals surface area contributed by atoms with Gasteiger partial charge in [-0.3, -0.25) is 5.41 Å². The van der Waals surface area contributed by atoms with Crippen LogP contribution in [0.5, 0.6) is 0 Å². The molecule has 21 heavy (non-hydrogen) atoms. The first-order chi connectivity index (χ1) is 10.3. The number of hydrogen-bond acceptors (Lipinski definition) is 3. The zero-order valence-corrected chi connectivity index (χ0v) is 12.8. The van der Waals surface area contributed by atoms with Crippen molar-refractivity contribution in [2.75, 3.05) is 18.0 Å². The van der Waals surface area contributed by atoms with Crippen LogP contribution in [-0.2, 0) is 12.8 Å². The number of aryl methyl sites for hydroxylation is 2. The molecule has 3 N–H and O–H groups in total. The third-order valence-corrected chi connectivity index (χ3v) is 4.73. The predicted octanol–water partition coefficient (Wildman–Crippen LogP) is 3.01. The summed E-state index contributed by atoms with van der Waals surface area (Å²) in [5, 5.41) is 7.92. The number of nitrogens with one attached hydrogen (secondary N) is 1. The topological polar surface area (TPSA) is 66.0 Å². The lowest BCUT2D eigenvalue weighted by atomic mass is 9.94. The molecule has 1 aliphatic heterocycles. The van der Waals surface area contributed by atoms with Gasteiger partial charge in [0.2, 0.25) is 0 Å². The summed E-state index contributed by atoms with van der Waals surface area (Å²) in [5.74, 6) is 1.12. The van der Waals surface area contributed by atoms with Crippen molar-refractivity contribution in [3.63, 3.8) is 0 Å². The van der Waals surface area contributed by atoms with Crippen LogP contribution in [0.4, 0.5) is 5.82 Å². The number of nitrogens with two attached hydrogens (primary N) is 1. The molecule has 1 aromatic heterocycles. The van der Waals surface area contributed by atoms with Crippen LogP contribution < -0.4 is 10.6 Å². The van der Waals surface area contributed by atoms with Gasteiger partial charge in [0.25, 0.3) is 0 Å². The van der Waals surface area contributed by atoms with Crippen molar-refractivity contribution in [1.29, 1.82) is 5.41 Å². The molecular formula is C17H26N4. The number of nitrogens with zero attached hydrogens (tertiary/aromatic N) is 2. The molecule has 4 heteroatoms. The van der Waals surface area contributed by atoms with E-state index >= 15 is 0 Å². The molecule has 2 aliphatic rings. The average Bonchev–Trinajstić information content (AvgIpc) is 2.45. The zero-order chi connectivity index (χ0) is 14.7. The summed E-state index contributed by atoms with van der Waals surface area (Å²) < 4.78 is 0. The minimum atomic E-state index is 0.160. The lowest BCUT2D eigenvalue weighted by Gasteiger charge is -2.29. The van der Waals surface area contributed by atoms with E-state index in [0.717, 1.165) is 37.3 Å². The van der Waals surface area contributed by atoms with Gasteiger partial charge in [-0.25, -0.2) is 4.98 Å². The van der Waals surface area contributed by atoms with Gasteiger partial charge in [0.1, 0.15) is 11.7 Å². The minimum Gasteiger partial charge on any atom is -0.384 e. The number of amidine groups is 1. The normalized spacial score (nSPS) is 19.5. The van der Waals surface area contributed by atoms with Gasteiger partial charge in [-0.05, 0) is 50.2 Å². The second-order valence-electron chi connectivity index (χ2n) is 6.34. The van der Waals surface area contributed by atoms with Crippen molar-refractivity contribution >= 4 is 11.7 Å². The van der Waals surface area contributed by atoms with Gasteiger partial charge in [-0.1, -0.05) is 19.3 Å². The fourth-order valence-corrected chi connectivity index (χ4v) is 3.52. The lowest BCUT2D eigenvalue weighted by molar-refractivity contribution is 0.552. The largest absolute Gasteiger partial charge is 0.384 e.